The zero-order valence-corrected chi connectivity index (χ0v) is 11.0. The molecule has 1 atom stereocenters. The van der Waals surface area contributed by atoms with E-state index in [-0.39, 0.29) is 17.9 Å². The van der Waals surface area contributed by atoms with Gasteiger partial charge in [-0.05, 0) is 12.8 Å². The van der Waals surface area contributed by atoms with E-state index in [1.54, 1.807) is 12.4 Å². The van der Waals surface area contributed by atoms with Gasteiger partial charge in [-0.1, -0.05) is 0 Å². The van der Waals surface area contributed by atoms with Crippen molar-refractivity contribution in [1.82, 2.24) is 9.55 Å². The second-order valence-corrected chi connectivity index (χ2v) is 7.07. The van der Waals surface area contributed by atoms with E-state index in [4.69, 9.17) is 0 Å². The fourth-order valence-corrected chi connectivity index (χ4v) is 4.48. The minimum Gasteiger partial charge on any atom is -0.481 e. The van der Waals surface area contributed by atoms with E-state index in [0.717, 1.165) is 5.82 Å². The third-order valence-electron chi connectivity index (χ3n) is 3.59. The van der Waals surface area contributed by atoms with Gasteiger partial charge in [0.15, 0.2) is 9.84 Å². The summed E-state index contributed by atoms with van der Waals surface area (Å²) in [6.07, 6.45) is 4.43. The molecule has 1 saturated heterocycles. The van der Waals surface area contributed by atoms with Crippen LogP contribution in [0.15, 0.2) is 12.4 Å². The third kappa shape index (κ3) is 2.40. The molecule has 1 unspecified atom stereocenters. The van der Waals surface area contributed by atoms with Gasteiger partial charge in [0.1, 0.15) is 5.82 Å². The number of nitrogens with zero attached hydrogens (tertiary/aromatic N) is 2. The zero-order chi connectivity index (χ0) is 13.4. The molecular weight excluding hydrogens is 256 g/mol. The summed E-state index contributed by atoms with van der Waals surface area (Å²) < 4.78 is 24.8. The summed E-state index contributed by atoms with van der Waals surface area (Å²) in [7, 11) is -1.37. The molecule has 0 aliphatic carbocycles. The predicted molar refractivity (Wildman–Crippen MR) is 64.9 cm³/mol. The van der Waals surface area contributed by atoms with Gasteiger partial charge in [-0.3, -0.25) is 4.79 Å². The molecule has 0 aromatic carbocycles. The maximum Gasteiger partial charge on any atom is 0.310 e. The van der Waals surface area contributed by atoms with Crippen LogP contribution in [0.25, 0.3) is 0 Å². The van der Waals surface area contributed by atoms with Crippen molar-refractivity contribution in [3.05, 3.63) is 18.2 Å². The molecule has 0 amide bonds. The molecule has 1 aromatic rings. The maximum absolute atomic E-state index is 11.5. The summed E-state index contributed by atoms with van der Waals surface area (Å²) in [6, 6.07) is 0. The van der Waals surface area contributed by atoms with E-state index in [2.05, 4.69) is 4.98 Å². The first-order valence-corrected chi connectivity index (χ1v) is 7.57. The number of aromatic nitrogens is 2. The fraction of sp³-hybridized carbons (Fsp3) is 0.636. The van der Waals surface area contributed by atoms with Gasteiger partial charge in [0.25, 0.3) is 0 Å². The number of sulfone groups is 1. The average Bonchev–Trinajstić information content (AvgIpc) is 2.80. The molecule has 1 N–H and O–H groups in total. The normalized spacial score (nSPS) is 26.3. The Morgan fingerprint density at radius 2 is 2.33 bits per heavy atom. The number of rotatable bonds is 4. The van der Waals surface area contributed by atoms with Gasteiger partial charge in [0, 0.05) is 25.9 Å². The highest BCUT2D eigenvalue weighted by atomic mass is 32.2. The number of aliphatic carboxylic acids is 1. The lowest BCUT2D eigenvalue weighted by Crippen LogP contribution is -2.33. The Bertz CT molecular complexity index is 563. The van der Waals surface area contributed by atoms with Crippen LogP contribution >= 0.6 is 0 Å². The van der Waals surface area contributed by atoms with E-state index < -0.39 is 21.2 Å². The number of carbonyl (C=O) groups is 1. The summed E-state index contributed by atoms with van der Waals surface area (Å²) in [5.41, 5.74) is -1.13. The lowest BCUT2D eigenvalue weighted by atomic mass is 9.83. The molecule has 6 nitrogen and oxygen atoms in total. The molecule has 0 spiro atoms. The van der Waals surface area contributed by atoms with Crippen molar-refractivity contribution in [1.29, 1.82) is 0 Å². The van der Waals surface area contributed by atoms with Gasteiger partial charge in [-0.25, -0.2) is 13.4 Å². The summed E-state index contributed by atoms with van der Waals surface area (Å²) in [4.78, 5) is 15.5. The summed E-state index contributed by atoms with van der Waals surface area (Å²) in [6.45, 7) is 0. The lowest BCUT2D eigenvalue weighted by Gasteiger charge is -2.21. The number of aryl methyl sites for hydroxylation is 2. The van der Waals surface area contributed by atoms with E-state index in [1.165, 1.54) is 0 Å². The summed E-state index contributed by atoms with van der Waals surface area (Å²) in [5.74, 6) is -0.516. The summed E-state index contributed by atoms with van der Waals surface area (Å²) >= 11 is 0. The van der Waals surface area contributed by atoms with Gasteiger partial charge < -0.3 is 9.67 Å². The molecule has 18 heavy (non-hydrogen) atoms. The summed E-state index contributed by atoms with van der Waals surface area (Å²) in [5, 5.41) is 9.30. The molecule has 0 radical (unpaired) electrons. The Labute approximate surface area is 106 Å². The minimum atomic E-state index is -3.21. The van der Waals surface area contributed by atoms with Crippen molar-refractivity contribution in [2.75, 3.05) is 11.5 Å². The monoisotopic (exact) mass is 272 g/mol. The van der Waals surface area contributed by atoms with Crippen LogP contribution in [0.4, 0.5) is 0 Å². The van der Waals surface area contributed by atoms with Gasteiger partial charge >= 0.3 is 5.97 Å². The first kappa shape index (κ1) is 13.1. The second-order valence-electron chi connectivity index (χ2n) is 4.88. The minimum absolute atomic E-state index is 0.0279. The van der Waals surface area contributed by atoms with E-state index in [9.17, 15) is 18.3 Å². The van der Waals surface area contributed by atoms with Crippen molar-refractivity contribution in [2.24, 2.45) is 12.5 Å². The number of imidazole rings is 1. The maximum atomic E-state index is 11.5. The van der Waals surface area contributed by atoms with Gasteiger partial charge in [0.2, 0.25) is 0 Å². The van der Waals surface area contributed by atoms with Crippen LogP contribution in [0.1, 0.15) is 18.7 Å². The standard InChI is InChI=1S/C11H16N2O4S/c1-13-6-5-12-9(13)2-3-11(10(14)15)4-7-18(16,17)8-11/h5-6H,2-4,7-8H2,1H3,(H,14,15). The molecule has 0 saturated carbocycles. The largest absolute Gasteiger partial charge is 0.481 e. The smallest absolute Gasteiger partial charge is 0.310 e. The van der Waals surface area contributed by atoms with E-state index >= 15 is 0 Å². The third-order valence-corrected chi connectivity index (χ3v) is 5.41. The number of carboxylic acids is 1. The highest BCUT2D eigenvalue weighted by molar-refractivity contribution is 7.91. The number of carboxylic acid groups (broad SMARTS) is 1. The fourth-order valence-electron chi connectivity index (χ4n) is 2.38. The molecule has 100 valence electrons. The van der Waals surface area contributed by atoms with Gasteiger partial charge in [-0.15, -0.1) is 0 Å². The van der Waals surface area contributed by atoms with Crippen molar-refractivity contribution >= 4 is 15.8 Å². The van der Waals surface area contributed by atoms with Gasteiger partial charge in [0.05, 0.1) is 16.9 Å². The lowest BCUT2D eigenvalue weighted by molar-refractivity contribution is -0.147. The zero-order valence-electron chi connectivity index (χ0n) is 10.2. The Hall–Kier alpha value is -1.37. The molecule has 7 heteroatoms. The van der Waals surface area contributed by atoms with E-state index in [0.29, 0.717) is 12.8 Å². The highest BCUT2D eigenvalue weighted by Gasteiger charge is 2.47. The predicted octanol–water partition coefficient (Wildman–Crippen LogP) is 0.242. The first-order chi connectivity index (χ1) is 8.35. The van der Waals surface area contributed by atoms with Crippen LogP contribution < -0.4 is 0 Å². The van der Waals surface area contributed by atoms with Crippen LogP contribution in [-0.2, 0) is 28.1 Å². The van der Waals surface area contributed by atoms with Crippen LogP contribution in [0, 0.1) is 5.41 Å². The average molecular weight is 272 g/mol. The Kier molecular flexibility index (Phi) is 3.18. The second kappa shape index (κ2) is 4.38. The number of hydrogen-bond donors (Lipinski definition) is 1. The molecule has 1 fully saturated rings. The molecular formula is C11H16N2O4S. The molecule has 1 aliphatic rings. The first-order valence-electron chi connectivity index (χ1n) is 5.75. The highest BCUT2D eigenvalue weighted by Crippen LogP contribution is 2.36. The molecule has 2 heterocycles. The number of hydrogen-bond acceptors (Lipinski definition) is 4. The molecule has 1 aromatic heterocycles. The quantitative estimate of drug-likeness (QED) is 0.848. The van der Waals surface area contributed by atoms with E-state index in [1.807, 2.05) is 11.6 Å². The van der Waals surface area contributed by atoms with Crippen LogP contribution in [0.5, 0.6) is 0 Å². The Morgan fingerprint density at radius 1 is 1.61 bits per heavy atom. The SMILES string of the molecule is Cn1ccnc1CCC1(C(=O)O)CCS(=O)(=O)C1. The van der Waals surface area contributed by atoms with Crippen LogP contribution in [0.3, 0.4) is 0 Å². The molecule has 0 bridgehead atoms. The Balaban J connectivity index is 2.14. The van der Waals surface area contributed by atoms with Gasteiger partial charge in [-0.2, -0.15) is 0 Å². The van der Waals surface area contributed by atoms with Crippen LogP contribution in [0.2, 0.25) is 0 Å². The van der Waals surface area contributed by atoms with Crippen molar-refractivity contribution < 1.29 is 18.3 Å². The van der Waals surface area contributed by atoms with Crippen molar-refractivity contribution in [2.45, 2.75) is 19.3 Å². The van der Waals surface area contributed by atoms with Crippen molar-refractivity contribution in [3.63, 3.8) is 0 Å². The van der Waals surface area contributed by atoms with Crippen LogP contribution in [-0.4, -0.2) is 40.6 Å². The topological polar surface area (TPSA) is 89.3 Å². The van der Waals surface area contributed by atoms with Crippen molar-refractivity contribution in [3.8, 4) is 0 Å². The molecule has 2 rings (SSSR count). The molecule has 1 aliphatic heterocycles. The Morgan fingerprint density at radius 3 is 2.78 bits per heavy atom.